The molecule has 1 N–H and O–H groups in total. The van der Waals surface area contributed by atoms with E-state index in [2.05, 4.69) is 10.2 Å². The molecule has 2 bridgehead atoms. The number of hydrogen-bond donors (Lipinski definition) is 1. The lowest BCUT2D eigenvalue weighted by Gasteiger charge is -2.35. The summed E-state index contributed by atoms with van der Waals surface area (Å²) in [5.74, 6) is 0.301. The third-order valence-electron chi connectivity index (χ3n) is 6.53. The number of piperazine rings is 1. The predicted molar refractivity (Wildman–Crippen MR) is 115 cm³/mol. The molecule has 0 aliphatic carbocycles. The number of carbonyl (C=O) groups is 1. The minimum atomic E-state index is -0.329. The Morgan fingerprint density at radius 3 is 2.90 bits per heavy atom. The number of anilines is 1. The molecule has 2 saturated heterocycles. The fraction of sp³-hybridized carbons (Fsp3) is 0.545. The zero-order valence-corrected chi connectivity index (χ0v) is 18.0. The van der Waals surface area contributed by atoms with Crippen molar-refractivity contribution in [2.24, 2.45) is 0 Å². The Balaban J connectivity index is 1.24. The highest BCUT2D eigenvalue weighted by atomic mass is 32.1. The second kappa shape index (κ2) is 8.15. The standard InChI is InChI=1S/C22H27FN4O2S/c1-29-19-10-15(23)4-2-14(19)3-7-21(28)26-9-8-18-20(13-26)30-22(25-18)27-16-5-6-17(27)12-24-11-16/h2,4,10,16-17,24H,3,5-9,11-13H2,1H3. The number of carbonyl (C=O) groups excluding carboxylic acids is 1. The van der Waals surface area contributed by atoms with E-state index in [1.54, 1.807) is 17.4 Å². The van der Waals surface area contributed by atoms with Crippen LogP contribution >= 0.6 is 11.3 Å². The van der Waals surface area contributed by atoms with E-state index in [9.17, 15) is 9.18 Å². The molecule has 1 aromatic carbocycles. The molecule has 160 valence electrons. The molecule has 1 aromatic heterocycles. The molecule has 0 spiro atoms. The van der Waals surface area contributed by atoms with Crippen molar-refractivity contribution in [1.29, 1.82) is 0 Å². The van der Waals surface area contributed by atoms with Crippen molar-refractivity contribution < 1.29 is 13.9 Å². The third-order valence-corrected chi connectivity index (χ3v) is 7.63. The second-order valence-corrected chi connectivity index (χ2v) is 9.40. The molecular formula is C22H27FN4O2S. The van der Waals surface area contributed by atoms with Gasteiger partial charge in [-0.1, -0.05) is 17.4 Å². The number of amides is 1. The minimum absolute atomic E-state index is 0.129. The number of thiazole rings is 1. The molecule has 3 aliphatic rings. The van der Waals surface area contributed by atoms with Crippen molar-refractivity contribution in [1.82, 2.24) is 15.2 Å². The Kier molecular flexibility index (Phi) is 5.37. The highest BCUT2D eigenvalue weighted by molar-refractivity contribution is 7.15. The zero-order chi connectivity index (χ0) is 20.7. The Bertz CT molecular complexity index is 933. The van der Waals surface area contributed by atoms with Crippen LogP contribution in [0.5, 0.6) is 5.75 Å². The number of benzene rings is 1. The number of fused-ring (bicyclic) bond motifs is 3. The maximum Gasteiger partial charge on any atom is 0.223 e. The van der Waals surface area contributed by atoms with Gasteiger partial charge in [-0.15, -0.1) is 0 Å². The molecule has 6 nitrogen and oxygen atoms in total. The average Bonchev–Trinajstić information content (AvgIpc) is 3.28. The molecular weight excluding hydrogens is 403 g/mol. The number of aromatic nitrogens is 1. The molecule has 2 atom stereocenters. The van der Waals surface area contributed by atoms with Gasteiger partial charge in [0.25, 0.3) is 0 Å². The fourth-order valence-corrected chi connectivity index (χ4v) is 6.19. The lowest BCUT2D eigenvalue weighted by atomic mass is 10.1. The Hall–Kier alpha value is -2.19. The lowest BCUT2D eigenvalue weighted by molar-refractivity contribution is -0.132. The highest BCUT2D eigenvalue weighted by Gasteiger charge is 2.39. The monoisotopic (exact) mass is 430 g/mol. The number of ether oxygens (including phenoxy) is 1. The lowest BCUT2D eigenvalue weighted by Crippen LogP contribution is -2.51. The van der Waals surface area contributed by atoms with E-state index in [1.165, 1.54) is 37.0 Å². The van der Waals surface area contributed by atoms with Crippen LogP contribution in [0.25, 0.3) is 0 Å². The van der Waals surface area contributed by atoms with Gasteiger partial charge in [0.15, 0.2) is 5.13 Å². The molecule has 3 aliphatic heterocycles. The van der Waals surface area contributed by atoms with E-state index in [4.69, 9.17) is 9.72 Å². The molecule has 8 heteroatoms. The summed E-state index contributed by atoms with van der Waals surface area (Å²) in [6, 6.07) is 5.60. The summed E-state index contributed by atoms with van der Waals surface area (Å²) < 4.78 is 18.6. The number of halogens is 1. The van der Waals surface area contributed by atoms with Gasteiger partial charge in [0.2, 0.25) is 5.91 Å². The fourth-order valence-electron chi connectivity index (χ4n) is 4.92. The first-order valence-corrected chi connectivity index (χ1v) is 11.5. The van der Waals surface area contributed by atoms with Crippen molar-refractivity contribution in [3.8, 4) is 5.75 Å². The van der Waals surface area contributed by atoms with E-state index in [0.29, 0.717) is 43.8 Å². The molecule has 2 fully saturated rings. The van der Waals surface area contributed by atoms with E-state index >= 15 is 0 Å². The van der Waals surface area contributed by atoms with Gasteiger partial charge in [-0.05, 0) is 30.9 Å². The van der Waals surface area contributed by atoms with Crippen LogP contribution in [-0.4, -0.2) is 54.6 Å². The summed E-state index contributed by atoms with van der Waals surface area (Å²) in [5.41, 5.74) is 2.02. The largest absolute Gasteiger partial charge is 0.496 e. The van der Waals surface area contributed by atoms with Crippen molar-refractivity contribution >= 4 is 22.4 Å². The molecule has 4 heterocycles. The van der Waals surface area contributed by atoms with Gasteiger partial charge in [-0.2, -0.15) is 0 Å². The van der Waals surface area contributed by atoms with Crippen molar-refractivity contribution in [2.45, 2.75) is 50.7 Å². The van der Waals surface area contributed by atoms with E-state index in [1.807, 2.05) is 4.90 Å². The Labute approximate surface area is 180 Å². The van der Waals surface area contributed by atoms with Crippen molar-refractivity contribution in [3.63, 3.8) is 0 Å². The molecule has 30 heavy (non-hydrogen) atoms. The van der Waals surface area contributed by atoms with E-state index in [-0.39, 0.29) is 11.7 Å². The number of methoxy groups -OCH3 is 1. The maximum absolute atomic E-state index is 13.4. The van der Waals surface area contributed by atoms with Gasteiger partial charge in [0.05, 0.1) is 19.3 Å². The molecule has 2 aromatic rings. The summed E-state index contributed by atoms with van der Waals surface area (Å²) in [6.07, 6.45) is 4.23. The smallest absolute Gasteiger partial charge is 0.223 e. The Morgan fingerprint density at radius 2 is 2.13 bits per heavy atom. The number of rotatable bonds is 5. The molecule has 2 unspecified atom stereocenters. The van der Waals surface area contributed by atoms with E-state index in [0.717, 1.165) is 35.9 Å². The van der Waals surface area contributed by atoms with Gasteiger partial charge >= 0.3 is 0 Å². The minimum Gasteiger partial charge on any atom is -0.496 e. The molecule has 0 saturated carbocycles. The number of nitrogens with zero attached hydrogens (tertiary/aromatic N) is 3. The zero-order valence-electron chi connectivity index (χ0n) is 17.2. The van der Waals surface area contributed by atoms with Crippen LogP contribution in [-0.2, 0) is 24.2 Å². The van der Waals surface area contributed by atoms with Crippen molar-refractivity contribution in [2.75, 3.05) is 31.6 Å². The summed E-state index contributed by atoms with van der Waals surface area (Å²) >= 11 is 1.76. The predicted octanol–water partition coefficient (Wildman–Crippen LogP) is 2.75. The van der Waals surface area contributed by atoms with Crippen LogP contribution < -0.4 is 15.0 Å². The highest BCUT2D eigenvalue weighted by Crippen LogP contribution is 2.38. The Morgan fingerprint density at radius 1 is 1.33 bits per heavy atom. The number of nitrogens with one attached hydrogen (secondary N) is 1. The second-order valence-electron chi connectivity index (χ2n) is 8.34. The summed E-state index contributed by atoms with van der Waals surface area (Å²) in [4.78, 5) is 23.5. The van der Waals surface area contributed by atoms with Gasteiger partial charge in [-0.25, -0.2) is 9.37 Å². The topological polar surface area (TPSA) is 57.7 Å². The first-order chi connectivity index (χ1) is 14.6. The first kappa shape index (κ1) is 19.8. The third kappa shape index (κ3) is 3.67. The van der Waals surface area contributed by atoms with Crippen LogP contribution in [0.3, 0.4) is 0 Å². The van der Waals surface area contributed by atoms with Crippen LogP contribution in [0.2, 0.25) is 0 Å². The molecule has 5 rings (SSSR count). The first-order valence-electron chi connectivity index (χ1n) is 10.7. The van der Waals surface area contributed by atoms with Gasteiger partial charge in [0.1, 0.15) is 11.6 Å². The SMILES string of the molecule is COc1cc(F)ccc1CCC(=O)N1CCc2nc(N3C4CCC3CNC4)sc2C1. The summed E-state index contributed by atoms with van der Waals surface area (Å²) in [5, 5.41) is 4.66. The van der Waals surface area contributed by atoms with Crippen LogP contribution in [0, 0.1) is 5.82 Å². The summed E-state index contributed by atoms with van der Waals surface area (Å²) in [7, 11) is 1.53. The maximum atomic E-state index is 13.4. The van der Waals surface area contributed by atoms with Crippen LogP contribution in [0.1, 0.15) is 35.4 Å². The van der Waals surface area contributed by atoms with Crippen LogP contribution in [0.4, 0.5) is 9.52 Å². The van der Waals surface area contributed by atoms with Gasteiger partial charge in [0, 0.05) is 55.5 Å². The van der Waals surface area contributed by atoms with Crippen LogP contribution in [0.15, 0.2) is 18.2 Å². The molecule has 0 radical (unpaired) electrons. The average molecular weight is 431 g/mol. The van der Waals surface area contributed by atoms with Gasteiger partial charge < -0.3 is 19.9 Å². The summed E-state index contributed by atoms with van der Waals surface area (Å²) in [6.45, 7) is 3.44. The molecule has 1 amide bonds. The number of hydrogen-bond acceptors (Lipinski definition) is 6. The number of aryl methyl sites for hydroxylation is 1. The quantitative estimate of drug-likeness (QED) is 0.791. The van der Waals surface area contributed by atoms with E-state index < -0.39 is 0 Å². The van der Waals surface area contributed by atoms with Crippen molar-refractivity contribution in [3.05, 3.63) is 40.2 Å². The van der Waals surface area contributed by atoms with Gasteiger partial charge in [-0.3, -0.25) is 4.79 Å². The normalized spacial score (nSPS) is 22.9.